The van der Waals surface area contributed by atoms with Gasteiger partial charge in [0.1, 0.15) is 0 Å². The van der Waals surface area contributed by atoms with Crippen molar-refractivity contribution >= 4 is 0 Å². The van der Waals surface area contributed by atoms with Crippen LogP contribution in [-0.4, -0.2) is 32.2 Å². The molecule has 0 fully saturated rings. The summed E-state index contributed by atoms with van der Waals surface area (Å²) >= 11 is 0. The Bertz CT molecular complexity index is 46.8. The second kappa shape index (κ2) is 7.88. The predicted octanol–water partition coefficient (Wildman–Crippen LogP) is -3.29. The van der Waals surface area contributed by atoms with E-state index in [4.69, 9.17) is 5.11 Å². The smallest absolute Gasteiger partial charge is 1.00 e. The predicted molar refractivity (Wildman–Crippen MR) is 26.0 cm³/mol. The summed E-state index contributed by atoms with van der Waals surface area (Å²) in [5, 5.41) is 8.51. The quantitative estimate of drug-likeness (QED) is 0.321. The number of aliphatic hydroxyl groups excluding tert-OH is 1. The van der Waals surface area contributed by atoms with Gasteiger partial charge in [-0.2, -0.15) is 0 Å². The molecule has 0 aliphatic heterocycles. The van der Waals surface area contributed by atoms with Crippen LogP contribution < -0.4 is 29.6 Å². The van der Waals surface area contributed by atoms with Crippen molar-refractivity contribution in [3.05, 3.63) is 0 Å². The van der Waals surface area contributed by atoms with Gasteiger partial charge in [0.2, 0.25) is 0 Å². The SMILES string of the molecule is COCC(O)OC.[H-].[Na+]. The molecule has 0 heterocycles. The Morgan fingerprint density at radius 1 is 1.62 bits per heavy atom. The average molecular weight is 130 g/mol. The molecule has 0 aliphatic rings. The van der Waals surface area contributed by atoms with Crippen molar-refractivity contribution in [2.75, 3.05) is 20.8 Å². The molecule has 0 aromatic carbocycles. The molecule has 0 rings (SSSR count). The molecular weight excluding hydrogens is 119 g/mol. The van der Waals surface area contributed by atoms with Crippen LogP contribution >= 0.6 is 0 Å². The van der Waals surface area contributed by atoms with Crippen molar-refractivity contribution in [1.29, 1.82) is 0 Å². The third-order valence-electron chi connectivity index (χ3n) is 0.581. The van der Waals surface area contributed by atoms with E-state index in [9.17, 15) is 0 Å². The van der Waals surface area contributed by atoms with Crippen LogP contribution in [-0.2, 0) is 9.47 Å². The van der Waals surface area contributed by atoms with Gasteiger partial charge in [0.15, 0.2) is 6.29 Å². The van der Waals surface area contributed by atoms with Crippen molar-refractivity contribution in [3.63, 3.8) is 0 Å². The first-order chi connectivity index (χ1) is 3.31. The zero-order valence-electron chi connectivity index (χ0n) is 6.55. The van der Waals surface area contributed by atoms with Gasteiger partial charge in [0, 0.05) is 14.2 Å². The van der Waals surface area contributed by atoms with Gasteiger partial charge in [-0.3, -0.25) is 0 Å². The minimum Gasteiger partial charge on any atom is -1.00 e. The van der Waals surface area contributed by atoms with Gasteiger partial charge in [-0.05, 0) is 0 Å². The van der Waals surface area contributed by atoms with E-state index in [1.807, 2.05) is 0 Å². The second-order valence-electron chi connectivity index (χ2n) is 1.15. The first kappa shape index (κ1) is 11.6. The molecule has 0 saturated carbocycles. The number of methoxy groups -OCH3 is 2. The van der Waals surface area contributed by atoms with Crippen LogP contribution in [0, 0.1) is 0 Å². The normalized spacial score (nSPS) is 12.4. The van der Waals surface area contributed by atoms with Gasteiger partial charge in [-0.25, -0.2) is 0 Å². The van der Waals surface area contributed by atoms with E-state index in [0.717, 1.165) is 0 Å². The molecule has 1 N–H and O–H groups in total. The van der Waals surface area contributed by atoms with E-state index in [2.05, 4.69) is 9.47 Å². The first-order valence-electron chi connectivity index (χ1n) is 2.01. The molecular formula is C4H11NaO3. The Balaban J connectivity index is -0.000000180. The van der Waals surface area contributed by atoms with Gasteiger partial charge in [-0.15, -0.1) is 0 Å². The van der Waals surface area contributed by atoms with E-state index in [1.165, 1.54) is 14.2 Å². The zero-order chi connectivity index (χ0) is 5.70. The Morgan fingerprint density at radius 3 is 2.25 bits per heavy atom. The summed E-state index contributed by atoms with van der Waals surface area (Å²) in [5.41, 5.74) is 0. The Kier molecular flexibility index (Phi) is 11.5. The molecule has 0 amide bonds. The topological polar surface area (TPSA) is 38.7 Å². The van der Waals surface area contributed by atoms with E-state index in [1.54, 1.807) is 0 Å². The Hall–Kier alpha value is 0.880. The van der Waals surface area contributed by atoms with Crippen molar-refractivity contribution in [1.82, 2.24) is 0 Å². The number of rotatable bonds is 3. The summed E-state index contributed by atoms with van der Waals surface area (Å²) in [4.78, 5) is 0. The first-order valence-corrected chi connectivity index (χ1v) is 2.01. The number of aliphatic hydroxyl groups is 1. The fourth-order valence-electron chi connectivity index (χ4n) is 0.211. The minimum absolute atomic E-state index is 0. The third-order valence-corrected chi connectivity index (χ3v) is 0.581. The van der Waals surface area contributed by atoms with Crippen LogP contribution in [0.2, 0.25) is 0 Å². The molecule has 0 aromatic heterocycles. The third kappa shape index (κ3) is 6.88. The zero-order valence-corrected chi connectivity index (χ0v) is 7.55. The molecule has 0 spiro atoms. The molecule has 1 unspecified atom stereocenters. The van der Waals surface area contributed by atoms with Crippen LogP contribution in [0.3, 0.4) is 0 Å². The summed E-state index contributed by atoms with van der Waals surface area (Å²) < 4.78 is 8.94. The summed E-state index contributed by atoms with van der Waals surface area (Å²) in [6.07, 6.45) is -0.773. The second-order valence-corrected chi connectivity index (χ2v) is 1.15. The molecule has 46 valence electrons. The molecule has 0 aromatic rings. The van der Waals surface area contributed by atoms with Gasteiger partial charge < -0.3 is 16.0 Å². The van der Waals surface area contributed by atoms with E-state index in [0.29, 0.717) is 0 Å². The van der Waals surface area contributed by atoms with E-state index >= 15 is 0 Å². The molecule has 4 heteroatoms. The van der Waals surface area contributed by atoms with Gasteiger partial charge in [0.25, 0.3) is 0 Å². The Labute approximate surface area is 72.8 Å². The van der Waals surface area contributed by atoms with Crippen LogP contribution in [0.4, 0.5) is 0 Å². The Morgan fingerprint density at radius 2 is 2.12 bits per heavy atom. The van der Waals surface area contributed by atoms with Crippen LogP contribution in [0.5, 0.6) is 0 Å². The maximum absolute atomic E-state index is 8.51. The average Bonchev–Trinajstić information content (AvgIpc) is 1.68. The fraction of sp³-hybridized carbons (Fsp3) is 1.00. The largest absolute Gasteiger partial charge is 1.00 e. The van der Waals surface area contributed by atoms with Gasteiger partial charge in [0.05, 0.1) is 6.61 Å². The molecule has 8 heavy (non-hydrogen) atoms. The number of ether oxygens (including phenoxy) is 2. The van der Waals surface area contributed by atoms with Crippen LogP contribution in [0.15, 0.2) is 0 Å². The molecule has 3 nitrogen and oxygen atoms in total. The molecule has 0 aliphatic carbocycles. The van der Waals surface area contributed by atoms with E-state index in [-0.39, 0.29) is 37.6 Å². The summed E-state index contributed by atoms with van der Waals surface area (Å²) in [5.74, 6) is 0. The van der Waals surface area contributed by atoms with Crippen molar-refractivity contribution in [2.24, 2.45) is 0 Å². The van der Waals surface area contributed by atoms with Crippen LogP contribution in [0.25, 0.3) is 0 Å². The summed E-state index contributed by atoms with van der Waals surface area (Å²) in [7, 11) is 2.92. The monoisotopic (exact) mass is 130 g/mol. The minimum atomic E-state index is -0.773. The standard InChI is InChI=1S/C4H10O3.Na.H/c1-6-3-4(5)7-2;;/h4-5H,3H2,1-2H3;;/q;+1;-1. The van der Waals surface area contributed by atoms with Crippen molar-refractivity contribution < 1.29 is 45.6 Å². The summed E-state index contributed by atoms with van der Waals surface area (Å²) in [6, 6.07) is 0. The molecule has 0 bridgehead atoms. The number of hydrogen-bond donors (Lipinski definition) is 1. The maximum atomic E-state index is 8.51. The maximum Gasteiger partial charge on any atom is 1.00 e. The van der Waals surface area contributed by atoms with Gasteiger partial charge in [-0.1, -0.05) is 0 Å². The van der Waals surface area contributed by atoms with Crippen molar-refractivity contribution in [3.8, 4) is 0 Å². The summed E-state index contributed by atoms with van der Waals surface area (Å²) in [6.45, 7) is 0.233. The van der Waals surface area contributed by atoms with Crippen LogP contribution in [0.1, 0.15) is 1.43 Å². The molecule has 0 radical (unpaired) electrons. The number of hydrogen-bond acceptors (Lipinski definition) is 3. The van der Waals surface area contributed by atoms with Crippen molar-refractivity contribution in [2.45, 2.75) is 6.29 Å². The fourth-order valence-corrected chi connectivity index (χ4v) is 0.211. The molecule has 1 atom stereocenters. The van der Waals surface area contributed by atoms with Gasteiger partial charge >= 0.3 is 29.6 Å². The molecule has 0 saturated heterocycles. The van der Waals surface area contributed by atoms with E-state index < -0.39 is 6.29 Å².